The Morgan fingerprint density at radius 1 is 1.33 bits per heavy atom. The highest BCUT2D eigenvalue weighted by Gasteiger charge is 2.21. The van der Waals surface area contributed by atoms with Gasteiger partial charge in [-0.15, -0.1) is 0 Å². The van der Waals surface area contributed by atoms with E-state index in [1.54, 1.807) is 6.07 Å². The Labute approximate surface area is 103 Å². The number of furan rings is 1. The van der Waals surface area contributed by atoms with Crippen molar-refractivity contribution in [3.63, 3.8) is 0 Å². The van der Waals surface area contributed by atoms with E-state index in [0.29, 0.717) is 11.1 Å². The van der Waals surface area contributed by atoms with E-state index in [0.717, 1.165) is 5.39 Å². The lowest BCUT2D eigenvalue weighted by Crippen LogP contribution is -2.18. The van der Waals surface area contributed by atoms with Crippen LogP contribution < -0.4 is 0 Å². The second-order valence-electron chi connectivity index (χ2n) is 3.94. The van der Waals surface area contributed by atoms with Crippen molar-refractivity contribution in [2.75, 3.05) is 6.54 Å². The van der Waals surface area contributed by atoms with Crippen LogP contribution in [0.25, 0.3) is 21.4 Å². The van der Waals surface area contributed by atoms with Gasteiger partial charge in [0.2, 0.25) is 0 Å². The Morgan fingerprint density at radius 2 is 2.11 bits per heavy atom. The van der Waals surface area contributed by atoms with Crippen LogP contribution in [0.2, 0.25) is 0 Å². The standard InChI is InChI=1S/C12H13N3O3/c13-15-14-6-5-10(16)12(17)9-7-18-11-4-2-1-3-8(9)11/h1-4,7,10,12,16-17H,5-6H2. The summed E-state index contributed by atoms with van der Waals surface area (Å²) in [7, 11) is 0. The normalized spacial score (nSPS) is 14.1. The highest BCUT2D eigenvalue weighted by molar-refractivity contribution is 5.81. The Kier molecular flexibility index (Phi) is 3.84. The SMILES string of the molecule is [N-]=[N+]=NCCC(O)C(O)c1coc2ccccc12. The fourth-order valence-electron chi connectivity index (χ4n) is 1.83. The van der Waals surface area contributed by atoms with Crippen molar-refractivity contribution < 1.29 is 14.6 Å². The van der Waals surface area contributed by atoms with Crippen LogP contribution in [-0.4, -0.2) is 22.9 Å². The van der Waals surface area contributed by atoms with Gasteiger partial charge >= 0.3 is 0 Å². The monoisotopic (exact) mass is 247 g/mol. The molecule has 18 heavy (non-hydrogen) atoms. The summed E-state index contributed by atoms with van der Waals surface area (Å²) in [6, 6.07) is 7.27. The average molecular weight is 247 g/mol. The van der Waals surface area contributed by atoms with Gasteiger partial charge < -0.3 is 14.6 Å². The second-order valence-corrected chi connectivity index (χ2v) is 3.94. The predicted molar refractivity (Wildman–Crippen MR) is 65.8 cm³/mol. The number of hydrogen-bond donors (Lipinski definition) is 2. The van der Waals surface area contributed by atoms with Gasteiger partial charge in [0.1, 0.15) is 11.7 Å². The molecule has 2 atom stereocenters. The second kappa shape index (κ2) is 5.55. The number of azide groups is 1. The molecule has 0 aliphatic rings. The van der Waals surface area contributed by atoms with Crippen molar-refractivity contribution in [3.8, 4) is 0 Å². The number of fused-ring (bicyclic) bond motifs is 1. The first-order valence-electron chi connectivity index (χ1n) is 5.57. The third-order valence-corrected chi connectivity index (χ3v) is 2.78. The van der Waals surface area contributed by atoms with Crippen molar-refractivity contribution in [3.05, 3.63) is 46.5 Å². The van der Waals surface area contributed by atoms with Crippen molar-refractivity contribution >= 4 is 11.0 Å². The number of aliphatic hydroxyl groups is 2. The molecule has 0 radical (unpaired) electrons. The van der Waals surface area contributed by atoms with Crippen LogP contribution in [0.5, 0.6) is 0 Å². The van der Waals surface area contributed by atoms with Gasteiger partial charge in [-0.3, -0.25) is 0 Å². The zero-order chi connectivity index (χ0) is 13.0. The maximum Gasteiger partial charge on any atom is 0.134 e. The minimum atomic E-state index is -1.05. The number of nitrogens with zero attached hydrogens (tertiary/aromatic N) is 3. The topological polar surface area (TPSA) is 102 Å². The van der Waals surface area contributed by atoms with Gasteiger partial charge in [0.15, 0.2) is 0 Å². The highest BCUT2D eigenvalue weighted by Crippen LogP contribution is 2.28. The van der Waals surface area contributed by atoms with Crippen LogP contribution in [-0.2, 0) is 0 Å². The molecule has 0 saturated carbocycles. The Balaban J connectivity index is 2.17. The zero-order valence-electron chi connectivity index (χ0n) is 9.60. The maximum atomic E-state index is 10.0. The molecule has 2 unspecified atom stereocenters. The quantitative estimate of drug-likeness (QED) is 0.482. The Bertz CT molecular complexity index is 575. The summed E-state index contributed by atoms with van der Waals surface area (Å²) in [5.74, 6) is 0. The minimum absolute atomic E-state index is 0.143. The molecule has 0 aliphatic heterocycles. The molecular formula is C12H13N3O3. The third-order valence-electron chi connectivity index (χ3n) is 2.78. The summed E-state index contributed by atoms with van der Waals surface area (Å²) in [4.78, 5) is 2.59. The van der Waals surface area contributed by atoms with E-state index in [1.807, 2.05) is 18.2 Å². The van der Waals surface area contributed by atoms with Gasteiger partial charge in [0.05, 0.1) is 12.4 Å². The van der Waals surface area contributed by atoms with E-state index in [4.69, 9.17) is 9.95 Å². The lowest BCUT2D eigenvalue weighted by molar-refractivity contribution is 0.0154. The van der Waals surface area contributed by atoms with Gasteiger partial charge in [0, 0.05) is 22.4 Å². The summed E-state index contributed by atoms with van der Waals surface area (Å²) in [6.45, 7) is 0.143. The van der Waals surface area contributed by atoms with E-state index in [1.165, 1.54) is 6.26 Å². The molecule has 2 N–H and O–H groups in total. The van der Waals surface area contributed by atoms with Gasteiger partial charge in [-0.25, -0.2) is 0 Å². The summed E-state index contributed by atoms with van der Waals surface area (Å²) >= 11 is 0. The molecule has 0 amide bonds. The van der Waals surface area contributed by atoms with Gasteiger partial charge in [-0.05, 0) is 18.0 Å². The molecular weight excluding hydrogens is 234 g/mol. The molecule has 0 spiro atoms. The van der Waals surface area contributed by atoms with Gasteiger partial charge in [0.25, 0.3) is 0 Å². The largest absolute Gasteiger partial charge is 0.464 e. The van der Waals surface area contributed by atoms with Gasteiger partial charge in [-0.2, -0.15) is 0 Å². The Hall–Kier alpha value is -2.01. The van der Waals surface area contributed by atoms with Crippen molar-refractivity contribution in [1.29, 1.82) is 0 Å². The summed E-state index contributed by atoms with van der Waals surface area (Å²) in [5, 5.41) is 23.9. The first-order valence-corrected chi connectivity index (χ1v) is 5.57. The molecule has 2 rings (SSSR count). The van der Waals surface area contributed by atoms with Crippen LogP contribution in [0, 0.1) is 0 Å². The molecule has 1 aromatic carbocycles. The van der Waals surface area contributed by atoms with Crippen LogP contribution in [0.1, 0.15) is 18.1 Å². The zero-order valence-corrected chi connectivity index (χ0v) is 9.60. The fourth-order valence-corrected chi connectivity index (χ4v) is 1.83. The molecule has 94 valence electrons. The molecule has 1 heterocycles. The van der Waals surface area contributed by atoms with E-state index in [-0.39, 0.29) is 13.0 Å². The van der Waals surface area contributed by atoms with Gasteiger partial charge in [-0.1, -0.05) is 23.3 Å². The van der Waals surface area contributed by atoms with Crippen LogP contribution in [0.4, 0.5) is 0 Å². The average Bonchev–Trinajstić information content (AvgIpc) is 2.82. The third kappa shape index (κ3) is 2.46. The molecule has 0 bridgehead atoms. The lowest BCUT2D eigenvalue weighted by atomic mass is 10.0. The van der Waals surface area contributed by atoms with Crippen LogP contribution >= 0.6 is 0 Å². The number of benzene rings is 1. The molecule has 0 aliphatic carbocycles. The van der Waals surface area contributed by atoms with Crippen LogP contribution in [0.15, 0.2) is 40.1 Å². The predicted octanol–water partition coefficient (Wildman–Crippen LogP) is 2.53. The maximum absolute atomic E-state index is 10.0. The van der Waals surface area contributed by atoms with Crippen molar-refractivity contribution in [2.45, 2.75) is 18.6 Å². The van der Waals surface area contributed by atoms with Crippen molar-refractivity contribution in [2.24, 2.45) is 5.11 Å². The molecule has 1 aromatic heterocycles. The van der Waals surface area contributed by atoms with E-state index in [2.05, 4.69) is 10.0 Å². The summed E-state index contributed by atoms with van der Waals surface area (Å²) < 4.78 is 5.29. The van der Waals surface area contributed by atoms with Crippen LogP contribution in [0.3, 0.4) is 0 Å². The molecule has 0 fully saturated rings. The number of aliphatic hydroxyl groups excluding tert-OH is 2. The van der Waals surface area contributed by atoms with E-state index >= 15 is 0 Å². The summed E-state index contributed by atoms with van der Waals surface area (Å²) in [6.07, 6.45) is -0.407. The highest BCUT2D eigenvalue weighted by atomic mass is 16.3. The van der Waals surface area contributed by atoms with E-state index < -0.39 is 12.2 Å². The lowest BCUT2D eigenvalue weighted by Gasteiger charge is -2.15. The molecule has 6 nitrogen and oxygen atoms in total. The summed E-state index contributed by atoms with van der Waals surface area (Å²) in [5.41, 5.74) is 9.34. The smallest absolute Gasteiger partial charge is 0.134 e. The number of para-hydroxylation sites is 1. The fraction of sp³-hybridized carbons (Fsp3) is 0.333. The first-order chi connectivity index (χ1) is 8.74. The first kappa shape index (κ1) is 12.4. The molecule has 0 saturated heterocycles. The minimum Gasteiger partial charge on any atom is -0.464 e. The van der Waals surface area contributed by atoms with E-state index in [9.17, 15) is 10.2 Å². The number of hydrogen-bond acceptors (Lipinski definition) is 4. The van der Waals surface area contributed by atoms with Crippen molar-refractivity contribution in [1.82, 2.24) is 0 Å². The number of rotatable bonds is 5. The Morgan fingerprint density at radius 3 is 2.89 bits per heavy atom. The molecule has 2 aromatic rings. The molecule has 6 heteroatoms.